The summed E-state index contributed by atoms with van der Waals surface area (Å²) in [6.45, 7) is 8.86. The van der Waals surface area contributed by atoms with Gasteiger partial charge in [-0.2, -0.15) is 0 Å². The number of unbranched alkanes of at least 4 members (excludes halogenated alkanes) is 3. The van der Waals surface area contributed by atoms with E-state index in [1.165, 1.54) is 32.1 Å². The van der Waals surface area contributed by atoms with Gasteiger partial charge in [-0.3, -0.25) is 4.79 Å². The molecule has 35 heavy (non-hydrogen) atoms. The highest BCUT2D eigenvalue weighted by atomic mass is 127. The third-order valence-electron chi connectivity index (χ3n) is 11.5. The van der Waals surface area contributed by atoms with Crippen LogP contribution in [-0.2, 0) is 14.3 Å². The Kier molecular flexibility index (Phi) is 7.03. The molecule has 4 fully saturated rings. The second-order valence-electron chi connectivity index (χ2n) is 13.0. The summed E-state index contributed by atoms with van der Waals surface area (Å²) in [4.78, 5) is 27.0. The van der Waals surface area contributed by atoms with E-state index < -0.39 is 22.2 Å². The Labute approximate surface area is 225 Å². The second-order valence-corrected chi connectivity index (χ2v) is 13.9. The molecular weight excluding hydrogens is 551 g/mol. The van der Waals surface area contributed by atoms with Crippen molar-refractivity contribution in [3.05, 3.63) is 11.6 Å². The Hall–Kier alpha value is -0.430. The van der Waals surface area contributed by atoms with Crippen LogP contribution in [0.15, 0.2) is 11.6 Å². The predicted molar refractivity (Wildman–Crippen MR) is 146 cm³/mol. The third-order valence-corrected chi connectivity index (χ3v) is 12.4. The van der Waals surface area contributed by atoms with Gasteiger partial charge in [0.2, 0.25) is 0 Å². The van der Waals surface area contributed by atoms with E-state index in [-0.39, 0.29) is 30.0 Å². The van der Waals surface area contributed by atoms with Gasteiger partial charge in [0.15, 0.2) is 0 Å². The van der Waals surface area contributed by atoms with Gasteiger partial charge in [-0.25, -0.2) is 0 Å². The molecule has 196 valence electrons. The molecule has 1 N–H and O–H groups in total. The van der Waals surface area contributed by atoms with Gasteiger partial charge in [0.25, 0.3) is 0 Å². The molecule has 5 rings (SSSR count). The highest BCUT2D eigenvalue weighted by Gasteiger charge is 2.86. The number of hydrogen-bond donors (Lipinski definition) is 1. The van der Waals surface area contributed by atoms with Crippen LogP contribution >= 0.6 is 22.6 Å². The summed E-state index contributed by atoms with van der Waals surface area (Å²) in [7, 11) is 0. The summed E-state index contributed by atoms with van der Waals surface area (Å²) in [6.07, 6.45) is 14.5. The van der Waals surface area contributed by atoms with Crippen molar-refractivity contribution in [2.45, 2.75) is 104 Å². The molecule has 5 aliphatic rings. The van der Waals surface area contributed by atoms with Gasteiger partial charge in [0.1, 0.15) is 11.7 Å². The maximum Gasteiger partial charge on any atom is 0.315 e. The predicted octanol–water partition coefficient (Wildman–Crippen LogP) is 7.09. The van der Waals surface area contributed by atoms with E-state index in [9.17, 15) is 14.7 Å². The summed E-state index contributed by atoms with van der Waals surface area (Å²) in [6, 6.07) is 0. The van der Waals surface area contributed by atoms with Crippen LogP contribution in [0, 0.1) is 51.8 Å². The standard InChI is InChI=1S/C30H45IO4/c1-5-6-7-8-9-20-12-26(35-25(20)16-31)29-15-22-19(4)10-11-23(22)28(17-32)14-21(29)13-24(18(2)3)30(28,29)27(33)34/h13,17-23,25-26H,5-12,14-16H2,1-4H3,(H,33,34)/t19-,20?,21?,22-,23-,25?,26?,28?,29?,30?/m1/s1. The fourth-order valence-corrected chi connectivity index (χ4v) is 11.2. The minimum Gasteiger partial charge on any atom is -0.481 e. The van der Waals surface area contributed by atoms with Gasteiger partial charge in [0, 0.05) is 9.84 Å². The van der Waals surface area contributed by atoms with Crippen LogP contribution in [0.4, 0.5) is 0 Å². The first kappa shape index (κ1) is 26.2. The molecule has 4 bridgehead atoms. The fourth-order valence-electron chi connectivity index (χ4n) is 10.3. The van der Waals surface area contributed by atoms with Crippen molar-refractivity contribution in [3.63, 3.8) is 0 Å². The van der Waals surface area contributed by atoms with Crippen molar-refractivity contribution in [2.24, 2.45) is 51.8 Å². The minimum atomic E-state index is -1.11. The van der Waals surface area contributed by atoms with Gasteiger partial charge in [-0.1, -0.05) is 94.0 Å². The number of hydrogen-bond acceptors (Lipinski definition) is 3. The van der Waals surface area contributed by atoms with Crippen molar-refractivity contribution in [3.8, 4) is 0 Å². The van der Waals surface area contributed by atoms with E-state index in [1.54, 1.807) is 0 Å². The summed E-state index contributed by atoms with van der Waals surface area (Å²) in [5.41, 5.74) is -1.34. The van der Waals surface area contributed by atoms with Gasteiger partial charge in [0.05, 0.1) is 17.6 Å². The molecule has 0 spiro atoms. The third kappa shape index (κ3) is 3.24. The first-order valence-electron chi connectivity index (χ1n) is 14.4. The van der Waals surface area contributed by atoms with Crippen molar-refractivity contribution < 1.29 is 19.4 Å². The first-order chi connectivity index (χ1) is 16.7. The Balaban J connectivity index is 1.60. The van der Waals surface area contributed by atoms with E-state index in [0.29, 0.717) is 24.2 Å². The average molecular weight is 597 g/mol. The number of aliphatic carboxylic acids is 1. The fraction of sp³-hybridized carbons (Fsp3) is 0.867. The Morgan fingerprint density at radius 3 is 2.66 bits per heavy atom. The SMILES string of the molecule is CCCCCCC1CC(C23C[C@@H]4[C@H](C)CC[C@H]4C4(C=O)CC2C=C(C(C)C)C34C(=O)O)OC1CI. The van der Waals surface area contributed by atoms with Crippen molar-refractivity contribution in [1.29, 1.82) is 0 Å². The number of ether oxygens (including phenoxy) is 1. The van der Waals surface area contributed by atoms with Gasteiger partial charge in [-0.05, 0) is 67.6 Å². The van der Waals surface area contributed by atoms with E-state index in [0.717, 1.165) is 42.0 Å². The summed E-state index contributed by atoms with van der Waals surface area (Å²) in [5, 5.41) is 11.3. The van der Waals surface area contributed by atoms with Gasteiger partial charge >= 0.3 is 5.97 Å². The highest BCUT2D eigenvalue weighted by molar-refractivity contribution is 14.1. The zero-order valence-corrected chi connectivity index (χ0v) is 24.3. The van der Waals surface area contributed by atoms with Crippen molar-refractivity contribution in [1.82, 2.24) is 0 Å². The van der Waals surface area contributed by atoms with Crippen LogP contribution < -0.4 is 0 Å². The number of carbonyl (C=O) groups excluding carboxylic acids is 1. The summed E-state index contributed by atoms with van der Waals surface area (Å²) in [5.74, 6) is 1.19. The molecule has 0 aromatic heterocycles. The lowest BCUT2D eigenvalue weighted by molar-refractivity contribution is -0.196. The van der Waals surface area contributed by atoms with Crippen LogP contribution in [0.25, 0.3) is 0 Å². The number of allylic oxidation sites excluding steroid dienone is 1. The maximum atomic E-state index is 13.7. The second kappa shape index (κ2) is 9.39. The number of carboxylic acid groups (broad SMARTS) is 1. The van der Waals surface area contributed by atoms with Crippen LogP contribution in [0.1, 0.15) is 91.9 Å². The normalized spacial score (nSPS) is 47.8. The molecule has 0 amide bonds. The molecule has 0 radical (unpaired) electrons. The number of rotatable bonds is 10. The number of carbonyl (C=O) groups is 2. The molecule has 4 nitrogen and oxygen atoms in total. The first-order valence-corrected chi connectivity index (χ1v) is 15.9. The molecule has 3 saturated carbocycles. The number of aldehydes is 1. The molecule has 10 atom stereocenters. The lowest BCUT2D eigenvalue weighted by Crippen LogP contribution is -2.65. The van der Waals surface area contributed by atoms with Crippen molar-refractivity contribution >= 4 is 34.8 Å². The number of halogens is 1. The summed E-state index contributed by atoms with van der Waals surface area (Å²) >= 11 is 2.47. The number of fused-ring (bicyclic) bond motifs is 2. The lowest BCUT2D eigenvalue weighted by atomic mass is 9.41. The van der Waals surface area contributed by atoms with Crippen LogP contribution in [0.3, 0.4) is 0 Å². The smallest absolute Gasteiger partial charge is 0.315 e. The van der Waals surface area contributed by atoms with Gasteiger partial charge < -0.3 is 14.6 Å². The van der Waals surface area contributed by atoms with E-state index in [1.807, 2.05) is 0 Å². The summed E-state index contributed by atoms with van der Waals surface area (Å²) < 4.78 is 7.94. The zero-order chi connectivity index (χ0) is 25.2. The lowest BCUT2D eigenvalue weighted by Gasteiger charge is -2.60. The quantitative estimate of drug-likeness (QED) is 0.0962. The molecule has 1 saturated heterocycles. The monoisotopic (exact) mass is 596 g/mol. The molecule has 7 unspecified atom stereocenters. The maximum absolute atomic E-state index is 13.7. The molecule has 0 aromatic rings. The van der Waals surface area contributed by atoms with Crippen molar-refractivity contribution in [2.75, 3.05) is 4.43 Å². The molecular formula is C30H45IO4. The molecule has 5 heteroatoms. The largest absolute Gasteiger partial charge is 0.481 e. The minimum absolute atomic E-state index is 0.0670. The zero-order valence-electron chi connectivity index (χ0n) is 22.1. The average Bonchev–Trinajstić information content (AvgIpc) is 3.54. The molecule has 0 aromatic carbocycles. The van der Waals surface area contributed by atoms with E-state index >= 15 is 0 Å². The topological polar surface area (TPSA) is 63.6 Å². The number of carboxylic acids is 1. The van der Waals surface area contributed by atoms with E-state index in [2.05, 4.69) is 56.4 Å². The van der Waals surface area contributed by atoms with Crippen LogP contribution in [-0.4, -0.2) is 34.0 Å². The number of alkyl halides is 1. The van der Waals surface area contributed by atoms with E-state index in [4.69, 9.17) is 4.74 Å². The Morgan fingerprint density at radius 2 is 2.03 bits per heavy atom. The highest BCUT2D eigenvalue weighted by Crippen LogP contribution is 2.84. The Morgan fingerprint density at radius 1 is 1.26 bits per heavy atom. The molecule has 1 aliphatic heterocycles. The van der Waals surface area contributed by atoms with Gasteiger partial charge in [-0.15, -0.1) is 0 Å². The molecule has 4 aliphatic carbocycles. The Bertz CT molecular complexity index is 884. The molecule has 1 heterocycles. The van der Waals surface area contributed by atoms with Crippen LogP contribution in [0.2, 0.25) is 0 Å². The van der Waals surface area contributed by atoms with Crippen LogP contribution in [0.5, 0.6) is 0 Å².